The normalized spacial score (nSPS) is 11.7. The predicted molar refractivity (Wildman–Crippen MR) is 46.0 cm³/mol. The van der Waals surface area contributed by atoms with Crippen molar-refractivity contribution in [3.63, 3.8) is 0 Å². The molecule has 0 fully saturated rings. The van der Waals surface area contributed by atoms with Gasteiger partial charge in [0.2, 0.25) is 5.28 Å². The van der Waals surface area contributed by atoms with E-state index < -0.39 is 0 Å². The first kappa shape index (κ1) is 12.0. The van der Waals surface area contributed by atoms with E-state index in [-0.39, 0.29) is 11.6 Å². The molecular weight excluding hydrogens is 174 g/mol. The summed E-state index contributed by atoms with van der Waals surface area (Å²) in [7, 11) is 1.55. The van der Waals surface area contributed by atoms with Crippen LogP contribution < -0.4 is 0 Å². The van der Waals surface area contributed by atoms with E-state index in [9.17, 15) is 5.21 Å². The minimum atomic E-state index is 0.145. The van der Waals surface area contributed by atoms with Gasteiger partial charge in [-0.3, -0.25) is 0 Å². The standard InChI is InChI=1S/C7H17N3O3/c1-9(10(13)8-12)6-4-2-3-5-7-11/h11-12H,2-7H2,1H3/b10-8-. The maximum absolute atomic E-state index is 10.6. The van der Waals surface area contributed by atoms with Gasteiger partial charge >= 0.3 is 0 Å². The lowest BCUT2D eigenvalue weighted by Crippen LogP contribution is -2.27. The molecule has 0 amide bonds. The fourth-order valence-electron chi connectivity index (χ4n) is 0.960. The summed E-state index contributed by atoms with van der Waals surface area (Å²) in [5.41, 5.74) is 0. The number of hydrogen-bond donors (Lipinski definition) is 2. The second-order valence-electron chi connectivity index (χ2n) is 2.86. The van der Waals surface area contributed by atoms with Gasteiger partial charge in [0.15, 0.2) is 0 Å². The van der Waals surface area contributed by atoms with Gasteiger partial charge in [0, 0.05) is 6.61 Å². The lowest BCUT2D eigenvalue weighted by molar-refractivity contribution is -0.704. The van der Waals surface area contributed by atoms with Gasteiger partial charge < -0.3 is 15.5 Å². The highest BCUT2D eigenvalue weighted by Gasteiger charge is 2.03. The molecule has 13 heavy (non-hydrogen) atoms. The van der Waals surface area contributed by atoms with Gasteiger partial charge in [0.05, 0.1) is 18.6 Å². The van der Waals surface area contributed by atoms with Crippen LogP contribution in [0.25, 0.3) is 0 Å². The van der Waals surface area contributed by atoms with Crippen molar-refractivity contribution >= 4 is 0 Å². The van der Waals surface area contributed by atoms with Gasteiger partial charge in [0.25, 0.3) is 0 Å². The van der Waals surface area contributed by atoms with Crippen molar-refractivity contribution in [2.24, 2.45) is 5.28 Å². The monoisotopic (exact) mass is 191 g/mol. The summed E-state index contributed by atoms with van der Waals surface area (Å²) >= 11 is 0. The van der Waals surface area contributed by atoms with Crippen molar-refractivity contribution in [3.05, 3.63) is 5.21 Å². The molecule has 0 aliphatic carbocycles. The van der Waals surface area contributed by atoms with Crippen molar-refractivity contribution < 1.29 is 15.3 Å². The molecule has 0 atom stereocenters. The summed E-state index contributed by atoms with van der Waals surface area (Å²) in [6, 6.07) is 0. The van der Waals surface area contributed by atoms with Crippen molar-refractivity contribution in [1.82, 2.24) is 5.01 Å². The van der Waals surface area contributed by atoms with Crippen molar-refractivity contribution in [3.8, 4) is 0 Å². The molecule has 0 spiro atoms. The molecule has 6 heteroatoms. The van der Waals surface area contributed by atoms with Gasteiger partial charge in [-0.25, -0.2) is 0 Å². The van der Waals surface area contributed by atoms with Crippen LogP contribution in [0.2, 0.25) is 0 Å². The summed E-state index contributed by atoms with van der Waals surface area (Å²) in [4.78, 5) is 0.145. The van der Waals surface area contributed by atoms with Gasteiger partial charge in [-0.2, -0.15) is 0 Å². The van der Waals surface area contributed by atoms with E-state index in [1.807, 2.05) is 0 Å². The zero-order valence-electron chi connectivity index (χ0n) is 7.89. The molecule has 0 aromatic rings. The number of hydrogen-bond acceptors (Lipinski definition) is 3. The van der Waals surface area contributed by atoms with Crippen LogP contribution in [0.1, 0.15) is 25.7 Å². The summed E-state index contributed by atoms with van der Waals surface area (Å²) in [5, 5.41) is 31.0. The number of rotatable bonds is 7. The Morgan fingerprint density at radius 1 is 1.31 bits per heavy atom. The molecule has 0 saturated heterocycles. The van der Waals surface area contributed by atoms with Crippen LogP contribution in [-0.4, -0.2) is 40.5 Å². The quantitative estimate of drug-likeness (QED) is 0.269. The van der Waals surface area contributed by atoms with Gasteiger partial charge in [-0.1, -0.05) is 12.8 Å². The largest absolute Gasteiger partial charge is 0.569 e. The highest BCUT2D eigenvalue weighted by molar-refractivity contribution is 4.43. The molecule has 0 saturated carbocycles. The lowest BCUT2D eigenvalue weighted by Gasteiger charge is -2.11. The Morgan fingerprint density at radius 2 is 1.92 bits per heavy atom. The van der Waals surface area contributed by atoms with E-state index in [4.69, 9.17) is 10.3 Å². The first-order chi connectivity index (χ1) is 6.22. The zero-order valence-corrected chi connectivity index (χ0v) is 7.89. The number of nitrogens with zero attached hydrogens (tertiary/aromatic N) is 3. The molecule has 0 rings (SSSR count). The third kappa shape index (κ3) is 6.15. The summed E-state index contributed by atoms with van der Waals surface area (Å²) < 4.78 is 0. The molecule has 0 heterocycles. The van der Waals surface area contributed by atoms with Crippen molar-refractivity contribution in [1.29, 1.82) is 0 Å². The summed E-state index contributed by atoms with van der Waals surface area (Å²) in [6.07, 6.45) is 3.57. The molecule has 0 aromatic carbocycles. The molecule has 0 unspecified atom stereocenters. The molecule has 78 valence electrons. The number of aliphatic hydroxyl groups is 1. The van der Waals surface area contributed by atoms with Crippen molar-refractivity contribution in [2.45, 2.75) is 25.7 Å². The van der Waals surface area contributed by atoms with Gasteiger partial charge in [0.1, 0.15) is 0 Å². The molecule has 2 N–H and O–H groups in total. The molecule has 0 radical (unpaired) electrons. The van der Waals surface area contributed by atoms with E-state index in [0.29, 0.717) is 6.54 Å². The highest BCUT2D eigenvalue weighted by atomic mass is 16.6. The number of unbranched alkanes of at least 4 members (excludes halogenated alkanes) is 3. The second kappa shape index (κ2) is 7.60. The maximum atomic E-state index is 10.6. The molecule has 6 nitrogen and oxygen atoms in total. The van der Waals surface area contributed by atoms with E-state index in [2.05, 4.69) is 5.28 Å². The van der Waals surface area contributed by atoms with Crippen LogP contribution >= 0.6 is 0 Å². The zero-order chi connectivity index (χ0) is 10.1. The van der Waals surface area contributed by atoms with Crippen LogP contribution in [0.5, 0.6) is 0 Å². The van der Waals surface area contributed by atoms with Crippen LogP contribution in [0, 0.1) is 5.21 Å². The Hall–Kier alpha value is -1.04. The SMILES string of the molecule is CN(CCCCCCO)/[N+]([O-])=N/O. The minimum Gasteiger partial charge on any atom is -0.569 e. The molecule has 0 aromatic heterocycles. The third-order valence-corrected chi connectivity index (χ3v) is 1.76. The Kier molecular flexibility index (Phi) is 6.99. The van der Waals surface area contributed by atoms with Crippen LogP contribution in [0.3, 0.4) is 0 Å². The van der Waals surface area contributed by atoms with Crippen LogP contribution in [0.4, 0.5) is 0 Å². The third-order valence-electron chi connectivity index (χ3n) is 1.76. The highest BCUT2D eigenvalue weighted by Crippen LogP contribution is 2.00. The van der Waals surface area contributed by atoms with E-state index in [1.54, 1.807) is 7.05 Å². The van der Waals surface area contributed by atoms with E-state index >= 15 is 0 Å². The second-order valence-corrected chi connectivity index (χ2v) is 2.86. The average Bonchev–Trinajstić information content (AvgIpc) is 2.16. The molecule has 0 aliphatic rings. The average molecular weight is 191 g/mol. The van der Waals surface area contributed by atoms with Crippen LogP contribution in [-0.2, 0) is 0 Å². The number of aliphatic hydroxyl groups excluding tert-OH is 1. The van der Waals surface area contributed by atoms with E-state index in [0.717, 1.165) is 25.7 Å². The topological polar surface area (TPSA) is 82.1 Å². The Balaban J connectivity index is 3.32. The summed E-state index contributed by atoms with van der Waals surface area (Å²) in [5.74, 6) is 0. The van der Waals surface area contributed by atoms with Crippen molar-refractivity contribution in [2.75, 3.05) is 20.2 Å². The summed E-state index contributed by atoms with van der Waals surface area (Å²) in [6.45, 7) is 0.772. The van der Waals surface area contributed by atoms with E-state index in [1.165, 1.54) is 5.01 Å². The fraction of sp³-hybridized carbons (Fsp3) is 1.00. The Labute approximate surface area is 77.6 Å². The fourth-order valence-corrected chi connectivity index (χ4v) is 0.960. The Bertz CT molecular complexity index is 152. The van der Waals surface area contributed by atoms with Gasteiger partial charge in [-0.15, -0.1) is 5.01 Å². The van der Waals surface area contributed by atoms with Gasteiger partial charge in [-0.05, 0) is 12.8 Å². The minimum absolute atomic E-state index is 0.145. The predicted octanol–water partition coefficient (Wildman–Crippen LogP) is 0.738. The molecule has 0 bridgehead atoms. The first-order valence-corrected chi connectivity index (χ1v) is 4.36. The van der Waals surface area contributed by atoms with Crippen LogP contribution in [0.15, 0.2) is 5.28 Å². The Morgan fingerprint density at radius 3 is 2.46 bits per heavy atom. The maximum Gasteiger partial charge on any atom is 0.230 e. The number of hydrazine groups is 1. The smallest absolute Gasteiger partial charge is 0.230 e. The first-order valence-electron chi connectivity index (χ1n) is 4.36. The molecular formula is C7H17N3O3. The lowest BCUT2D eigenvalue weighted by atomic mass is 10.2. The molecule has 0 aliphatic heterocycles.